The van der Waals surface area contributed by atoms with Gasteiger partial charge in [-0.3, -0.25) is 0 Å². The maximum absolute atomic E-state index is 9.69. The number of H-pyrrole nitrogens is 1. The Morgan fingerprint density at radius 3 is 2.47 bits per heavy atom. The van der Waals surface area contributed by atoms with Crippen molar-refractivity contribution in [2.24, 2.45) is 0 Å². The summed E-state index contributed by atoms with van der Waals surface area (Å²) >= 11 is 0. The summed E-state index contributed by atoms with van der Waals surface area (Å²) in [6.07, 6.45) is 1.81. The van der Waals surface area contributed by atoms with Gasteiger partial charge in [0.05, 0.1) is 11.9 Å². The highest BCUT2D eigenvalue weighted by molar-refractivity contribution is 5.61. The zero-order valence-electron chi connectivity index (χ0n) is 10.7. The molecule has 1 aromatic heterocycles. The van der Waals surface area contributed by atoms with E-state index in [0.717, 1.165) is 22.6 Å². The van der Waals surface area contributed by atoms with Gasteiger partial charge in [0.25, 0.3) is 0 Å². The number of imidazole rings is 1. The number of hydrogen-bond acceptors (Lipinski definition) is 2. The minimum Gasteiger partial charge on any atom is -0.508 e. The van der Waals surface area contributed by atoms with Gasteiger partial charge in [0.2, 0.25) is 0 Å². The van der Waals surface area contributed by atoms with Gasteiger partial charge in [-0.25, -0.2) is 4.98 Å². The second-order valence-electron chi connectivity index (χ2n) is 5.40. The summed E-state index contributed by atoms with van der Waals surface area (Å²) in [5, 5.41) is 9.69. The smallest absolute Gasteiger partial charge is 0.119 e. The Morgan fingerprint density at radius 2 is 1.94 bits per heavy atom. The fourth-order valence-electron chi connectivity index (χ4n) is 1.63. The molecule has 0 spiro atoms. The molecule has 0 bridgehead atoms. The monoisotopic (exact) mass is 230 g/mol. The summed E-state index contributed by atoms with van der Waals surface area (Å²) in [4.78, 5) is 7.67. The highest BCUT2D eigenvalue weighted by Crippen LogP contribution is 2.27. The Bertz CT molecular complexity index is 535. The van der Waals surface area contributed by atoms with Crippen molar-refractivity contribution in [1.29, 1.82) is 0 Å². The molecule has 0 aliphatic carbocycles. The van der Waals surface area contributed by atoms with Crippen molar-refractivity contribution in [3.63, 3.8) is 0 Å². The number of aromatic amines is 1. The van der Waals surface area contributed by atoms with Crippen LogP contribution in [0, 0.1) is 6.92 Å². The first-order valence-corrected chi connectivity index (χ1v) is 5.73. The van der Waals surface area contributed by atoms with E-state index in [9.17, 15) is 5.11 Å². The molecule has 0 saturated carbocycles. The number of benzene rings is 1. The summed E-state index contributed by atoms with van der Waals surface area (Å²) in [5.41, 5.74) is 2.77. The Kier molecular flexibility index (Phi) is 2.69. The van der Waals surface area contributed by atoms with Crippen LogP contribution in [0.5, 0.6) is 5.75 Å². The van der Waals surface area contributed by atoms with E-state index in [2.05, 4.69) is 30.7 Å². The highest BCUT2D eigenvalue weighted by atomic mass is 16.3. The van der Waals surface area contributed by atoms with Gasteiger partial charge in [0.15, 0.2) is 0 Å². The predicted molar refractivity (Wildman–Crippen MR) is 69.1 cm³/mol. The van der Waals surface area contributed by atoms with Gasteiger partial charge in [0.1, 0.15) is 11.6 Å². The second-order valence-corrected chi connectivity index (χ2v) is 5.40. The molecular weight excluding hydrogens is 212 g/mol. The van der Waals surface area contributed by atoms with Crippen molar-refractivity contribution in [1.82, 2.24) is 9.97 Å². The number of aromatic hydroxyl groups is 1. The van der Waals surface area contributed by atoms with Gasteiger partial charge in [-0.2, -0.15) is 0 Å². The molecule has 2 N–H and O–H groups in total. The van der Waals surface area contributed by atoms with Gasteiger partial charge in [-0.1, -0.05) is 32.9 Å². The molecule has 0 amide bonds. The lowest BCUT2D eigenvalue weighted by Gasteiger charge is -2.14. The average molecular weight is 230 g/mol. The fraction of sp³-hybridized carbons (Fsp3) is 0.357. The van der Waals surface area contributed by atoms with Crippen molar-refractivity contribution >= 4 is 0 Å². The molecule has 0 saturated heterocycles. The SMILES string of the molecule is Cc1ccc(-c2cnc(C(C)(C)C)[nH]2)cc1O. The molecule has 0 atom stereocenters. The van der Waals surface area contributed by atoms with E-state index in [-0.39, 0.29) is 5.41 Å². The minimum atomic E-state index is 0.00495. The molecule has 0 fully saturated rings. The van der Waals surface area contributed by atoms with Crippen molar-refractivity contribution in [3.05, 3.63) is 35.8 Å². The van der Waals surface area contributed by atoms with E-state index >= 15 is 0 Å². The molecule has 0 radical (unpaired) electrons. The predicted octanol–water partition coefficient (Wildman–Crippen LogP) is 3.39. The molecule has 1 heterocycles. The van der Waals surface area contributed by atoms with Gasteiger partial charge < -0.3 is 10.1 Å². The number of rotatable bonds is 1. The Hall–Kier alpha value is -1.77. The number of nitrogens with one attached hydrogen (secondary N) is 1. The lowest BCUT2D eigenvalue weighted by molar-refractivity contribution is 0.471. The highest BCUT2D eigenvalue weighted by Gasteiger charge is 2.17. The second kappa shape index (κ2) is 3.91. The van der Waals surface area contributed by atoms with Crippen LogP contribution in [-0.4, -0.2) is 15.1 Å². The Labute approximate surface area is 102 Å². The van der Waals surface area contributed by atoms with Crippen molar-refractivity contribution < 1.29 is 5.11 Å². The summed E-state index contributed by atoms with van der Waals surface area (Å²) in [5.74, 6) is 1.27. The third-order valence-corrected chi connectivity index (χ3v) is 2.81. The van der Waals surface area contributed by atoms with Crippen molar-refractivity contribution in [2.75, 3.05) is 0 Å². The maximum atomic E-state index is 9.69. The number of hydrogen-bond donors (Lipinski definition) is 2. The van der Waals surface area contributed by atoms with E-state index in [0.29, 0.717) is 5.75 Å². The minimum absolute atomic E-state index is 0.00495. The first kappa shape index (κ1) is 11.7. The van der Waals surface area contributed by atoms with Crippen LogP contribution in [0.15, 0.2) is 24.4 Å². The number of phenols is 1. The summed E-state index contributed by atoms with van der Waals surface area (Å²) in [6.45, 7) is 8.22. The van der Waals surface area contributed by atoms with Gasteiger partial charge in [-0.05, 0) is 18.6 Å². The van der Waals surface area contributed by atoms with Crippen LogP contribution in [-0.2, 0) is 5.41 Å². The molecule has 90 valence electrons. The first-order chi connectivity index (χ1) is 7.88. The molecule has 3 heteroatoms. The van der Waals surface area contributed by atoms with Crippen molar-refractivity contribution in [2.45, 2.75) is 33.1 Å². The summed E-state index contributed by atoms with van der Waals surface area (Å²) in [7, 11) is 0. The zero-order valence-corrected chi connectivity index (χ0v) is 10.7. The Morgan fingerprint density at radius 1 is 1.24 bits per heavy atom. The molecule has 0 aliphatic heterocycles. The number of nitrogens with zero attached hydrogens (tertiary/aromatic N) is 1. The molecule has 1 aromatic carbocycles. The molecule has 0 unspecified atom stereocenters. The quantitative estimate of drug-likeness (QED) is 0.789. The van der Waals surface area contributed by atoms with E-state index in [1.807, 2.05) is 25.3 Å². The van der Waals surface area contributed by atoms with Crippen LogP contribution >= 0.6 is 0 Å². The molecule has 0 aliphatic rings. The fourth-order valence-corrected chi connectivity index (χ4v) is 1.63. The number of phenolic OH excluding ortho intramolecular Hbond substituents is 1. The molecule has 3 nitrogen and oxygen atoms in total. The Balaban J connectivity index is 2.40. The first-order valence-electron chi connectivity index (χ1n) is 5.73. The van der Waals surface area contributed by atoms with Gasteiger partial charge >= 0.3 is 0 Å². The van der Waals surface area contributed by atoms with E-state index in [1.54, 1.807) is 6.07 Å². The van der Waals surface area contributed by atoms with Crippen LogP contribution in [0.25, 0.3) is 11.3 Å². The van der Waals surface area contributed by atoms with Gasteiger partial charge in [0, 0.05) is 11.0 Å². The number of aryl methyl sites for hydroxylation is 1. The summed E-state index contributed by atoms with van der Waals surface area (Å²) < 4.78 is 0. The van der Waals surface area contributed by atoms with Crippen LogP contribution < -0.4 is 0 Å². The molecule has 2 rings (SSSR count). The lowest BCUT2D eigenvalue weighted by atomic mass is 9.96. The third-order valence-electron chi connectivity index (χ3n) is 2.81. The maximum Gasteiger partial charge on any atom is 0.119 e. The average Bonchev–Trinajstić information content (AvgIpc) is 2.70. The third kappa shape index (κ3) is 2.33. The summed E-state index contributed by atoms with van der Waals surface area (Å²) in [6, 6.07) is 5.65. The molecular formula is C14H18N2O. The zero-order chi connectivity index (χ0) is 12.6. The van der Waals surface area contributed by atoms with Crippen LogP contribution in [0.4, 0.5) is 0 Å². The van der Waals surface area contributed by atoms with Crippen LogP contribution in [0.1, 0.15) is 32.2 Å². The largest absolute Gasteiger partial charge is 0.508 e. The normalized spacial score (nSPS) is 11.8. The van der Waals surface area contributed by atoms with E-state index in [4.69, 9.17) is 0 Å². The van der Waals surface area contributed by atoms with Gasteiger partial charge in [-0.15, -0.1) is 0 Å². The van der Waals surface area contributed by atoms with E-state index < -0.39 is 0 Å². The molecule has 17 heavy (non-hydrogen) atoms. The standard InChI is InChI=1S/C14H18N2O/c1-9-5-6-10(7-12(9)17)11-8-15-13(16-11)14(2,3)4/h5-8,17H,1-4H3,(H,15,16). The molecule has 2 aromatic rings. The van der Waals surface area contributed by atoms with Crippen LogP contribution in [0.2, 0.25) is 0 Å². The topological polar surface area (TPSA) is 48.9 Å². The number of aromatic nitrogens is 2. The lowest BCUT2D eigenvalue weighted by Crippen LogP contribution is -2.13. The van der Waals surface area contributed by atoms with Crippen molar-refractivity contribution in [3.8, 4) is 17.0 Å². The van der Waals surface area contributed by atoms with E-state index in [1.165, 1.54) is 0 Å². The van der Waals surface area contributed by atoms with Crippen LogP contribution in [0.3, 0.4) is 0 Å².